The van der Waals surface area contributed by atoms with Crippen molar-refractivity contribution >= 4 is 17.7 Å². The quantitative estimate of drug-likeness (QED) is 0.858. The van der Waals surface area contributed by atoms with Gasteiger partial charge in [0, 0.05) is 24.0 Å². The van der Waals surface area contributed by atoms with E-state index in [1.54, 1.807) is 11.8 Å². The summed E-state index contributed by atoms with van der Waals surface area (Å²) in [6, 6.07) is 8.75. The van der Waals surface area contributed by atoms with Crippen LogP contribution in [-0.4, -0.2) is 35.7 Å². The van der Waals surface area contributed by atoms with Gasteiger partial charge in [0.25, 0.3) is 0 Å². The summed E-state index contributed by atoms with van der Waals surface area (Å²) in [5, 5.41) is 0. The molecular weight excluding hydrogens is 304 g/mol. The topological polar surface area (TPSA) is 46.3 Å². The Morgan fingerprint density at radius 3 is 2.43 bits per heavy atom. The lowest BCUT2D eigenvalue weighted by Gasteiger charge is -2.42. The third-order valence-corrected chi connectivity index (χ3v) is 5.74. The summed E-state index contributed by atoms with van der Waals surface area (Å²) in [7, 11) is 0. The van der Waals surface area contributed by atoms with Gasteiger partial charge in [0.15, 0.2) is 0 Å². The summed E-state index contributed by atoms with van der Waals surface area (Å²) in [6.07, 6.45) is 0.893. The molecule has 1 unspecified atom stereocenters. The fourth-order valence-electron chi connectivity index (χ4n) is 2.87. The minimum atomic E-state index is 0.00688. The van der Waals surface area contributed by atoms with Gasteiger partial charge in [0.1, 0.15) is 0 Å². The Morgan fingerprint density at radius 1 is 1.30 bits per heavy atom. The molecule has 1 saturated heterocycles. The Kier molecular flexibility index (Phi) is 5.47. The predicted molar refractivity (Wildman–Crippen MR) is 98.8 cm³/mol. The number of thioether (sulfide) groups is 1. The molecule has 0 saturated carbocycles. The molecule has 0 radical (unpaired) electrons. The van der Waals surface area contributed by atoms with Crippen LogP contribution < -0.4 is 5.73 Å². The number of rotatable bonds is 3. The smallest absolute Gasteiger partial charge is 0.232 e. The van der Waals surface area contributed by atoms with E-state index in [1.807, 2.05) is 4.90 Å². The number of carbonyl (C=O) groups excluding carboxylic acids is 1. The van der Waals surface area contributed by atoms with Crippen LogP contribution in [0.5, 0.6) is 0 Å². The average Bonchev–Trinajstić information content (AvgIpc) is 2.47. The maximum absolute atomic E-state index is 12.5. The molecule has 2 rings (SSSR count). The van der Waals surface area contributed by atoms with Gasteiger partial charge in [-0.3, -0.25) is 4.79 Å². The van der Waals surface area contributed by atoms with Gasteiger partial charge in [-0.25, -0.2) is 0 Å². The molecule has 1 heterocycles. The van der Waals surface area contributed by atoms with Crippen LogP contribution in [0.3, 0.4) is 0 Å². The van der Waals surface area contributed by atoms with Gasteiger partial charge in [0.05, 0.1) is 5.75 Å². The molecule has 1 amide bonds. The molecule has 3 nitrogen and oxygen atoms in total. The van der Waals surface area contributed by atoms with Crippen molar-refractivity contribution in [3.8, 4) is 0 Å². The monoisotopic (exact) mass is 334 g/mol. The van der Waals surface area contributed by atoms with E-state index >= 15 is 0 Å². The lowest BCUT2D eigenvalue weighted by atomic mass is 9.80. The fraction of sp³-hybridized carbons (Fsp3) is 0.632. The van der Waals surface area contributed by atoms with Crippen molar-refractivity contribution in [2.75, 3.05) is 18.8 Å². The zero-order valence-corrected chi connectivity index (χ0v) is 15.9. The Morgan fingerprint density at radius 2 is 1.91 bits per heavy atom. The molecule has 1 aromatic carbocycles. The largest absolute Gasteiger partial charge is 0.341 e. The summed E-state index contributed by atoms with van der Waals surface area (Å²) in [4.78, 5) is 15.6. The summed E-state index contributed by atoms with van der Waals surface area (Å²) < 4.78 is 0. The van der Waals surface area contributed by atoms with Gasteiger partial charge >= 0.3 is 0 Å². The van der Waals surface area contributed by atoms with Gasteiger partial charge < -0.3 is 10.6 Å². The van der Waals surface area contributed by atoms with Crippen LogP contribution in [-0.2, 0) is 10.2 Å². The standard InChI is InChI=1S/C19H30N2OS/c1-18(2,3)14-6-8-15(9-7-14)23-12-17(22)21-11-10-16(20)19(4,5)13-21/h6-9,16H,10-13,20H2,1-5H3. The zero-order valence-electron chi connectivity index (χ0n) is 15.1. The Bertz CT molecular complexity index is 545. The van der Waals surface area contributed by atoms with Crippen molar-refractivity contribution in [2.24, 2.45) is 11.1 Å². The molecule has 1 aliphatic heterocycles. The molecule has 1 atom stereocenters. The lowest BCUT2D eigenvalue weighted by Crippen LogP contribution is -2.54. The SMILES string of the molecule is CC(C)(C)c1ccc(SCC(=O)N2CCC(N)C(C)(C)C2)cc1. The van der Waals surface area contributed by atoms with E-state index in [2.05, 4.69) is 58.9 Å². The fourth-order valence-corrected chi connectivity index (χ4v) is 3.68. The van der Waals surface area contributed by atoms with Gasteiger partial charge in [-0.2, -0.15) is 0 Å². The maximum Gasteiger partial charge on any atom is 0.232 e. The van der Waals surface area contributed by atoms with Gasteiger partial charge in [-0.1, -0.05) is 46.8 Å². The minimum Gasteiger partial charge on any atom is -0.341 e. The van der Waals surface area contributed by atoms with Gasteiger partial charge in [-0.15, -0.1) is 11.8 Å². The highest BCUT2D eigenvalue weighted by molar-refractivity contribution is 8.00. The van der Waals surface area contributed by atoms with Crippen molar-refractivity contribution in [2.45, 2.75) is 57.4 Å². The van der Waals surface area contributed by atoms with Crippen LogP contribution in [0.25, 0.3) is 0 Å². The molecule has 0 bridgehead atoms. The molecule has 23 heavy (non-hydrogen) atoms. The van der Waals surface area contributed by atoms with Crippen molar-refractivity contribution in [3.05, 3.63) is 29.8 Å². The second kappa shape index (κ2) is 6.86. The highest BCUT2D eigenvalue weighted by Crippen LogP contribution is 2.29. The van der Waals surface area contributed by atoms with Gasteiger partial charge in [-0.05, 0) is 34.9 Å². The van der Waals surface area contributed by atoms with Crippen LogP contribution >= 0.6 is 11.8 Å². The number of amides is 1. The molecule has 1 aliphatic rings. The second-order valence-corrected chi connectivity index (χ2v) is 9.31. The van der Waals surface area contributed by atoms with Crippen LogP contribution in [0.4, 0.5) is 0 Å². The number of hydrogen-bond acceptors (Lipinski definition) is 3. The molecular formula is C19H30N2OS. The first kappa shape index (κ1) is 18.3. The average molecular weight is 335 g/mol. The summed E-state index contributed by atoms with van der Waals surface area (Å²) in [6.45, 7) is 12.5. The van der Waals surface area contributed by atoms with E-state index in [-0.39, 0.29) is 22.8 Å². The van der Waals surface area contributed by atoms with E-state index in [0.717, 1.165) is 24.4 Å². The van der Waals surface area contributed by atoms with Crippen molar-refractivity contribution < 1.29 is 4.79 Å². The first-order chi connectivity index (χ1) is 10.6. The Hall–Kier alpha value is -1.00. The second-order valence-electron chi connectivity index (χ2n) is 8.26. The number of piperidine rings is 1. The van der Waals surface area contributed by atoms with E-state index in [1.165, 1.54) is 5.56 Å². The Labute approximate surface area is 145 Å². The molecule has 0 aromatic heterocycles. The van der Waals surface area contributed by atoms with E-state index < -0.39 is 0 Å². The molecule has 1 fully saturated rings. The first-order valence-corrected chi connectivity index (χ1v) is 9.35. The van der Waals surface area contributed by atoms with Crippen molar-refractivity contribution in [1.82, 2.24) is 4.90 Å². The number of hydrogen-bond donors (Lipinski definition) is 1. The summed E-state index contributed by atoms with van der Waals surface area (Å²) in [5.41, 5.74) is 7.64. The van der Waals surface area contributed by atoms with Crippen LogP contribution in [0.1, 0.15) is 46.6 Å². The van der Waals surface area contributed by atoms with Crippen LogP contribution in [0.2, 0.25) is 0 Å². The van der Waals surface area contributed by atoms with Gasteiger partial charge in [0.2, 0.25) is 5.91 Å². The highest BCUT2D eigenvalue weighted by Gasteiger charge is 2.35. The van der Waals surface area contributed by atoms with Crippen molar-refractivity contribution in [1.29, 1.82) is 0 Å². The van der Waals surface area contributed by atoms with E-state index in [0.29, 0.717) is 5.75 Å². The number of likely N-dealkylation sites (tertiary alicyclic amines) is 1. The van der Waals surface area contributed by atoms with Crippen LogP contribution in [0, 0.1) is 5.41 Å². The predicted octanol–water partition coefficient (Wildman–Crippen LogP) is 3.66. The van der Waals surface area contributed by atoms with E-state index in [9.17, 15) is 4.79 Å². The minimum absolute atomic E-state index is 0.00688. The highest BCUT2D eigenvalue weighted by atomic mass is 32.2. The third kappa shape index (κ3) is 4.74. The number of nitrogens with two attached hydrogens (primary N) is 1. The molecule has 2 N–H and O–H groups in total. The molecule has 0 spiro atoms. The third-order valence-electron chi connectivity index (χ3n) is 4.75. The summed E-state index contributed by atoms with van der Waals surface area (Å²) >= 11 is 1.62. The number of benzene rings is 1. The molecule has 0 aliphatic carbocycles. The normalized spacial score (nSPS) is 21.3. The first-order valence-electron chi connectivity index (χ1n) is 8.36. The zero-order chi connectivity index (χ0) is 17.3. The lowest BCUT2D eigenvalue weighted by molar-refractivity contribution is -0.131. The number of carbonyl (C=O) groups is 1. The van der Waals surface area contributed by atoms with Crippen LogP contribution in [0.15, 0.2) is 29.2 Å². The maximum atomic E-state index is 12.5. The number of nitrogens with zero attached hydrogens (tertiary/aromatic N) is 1. The molecule has 1 aromatic rings. The van der Waals surface area contributed by atoms with Crippen molar-refractivity contribution in [3.63, 3.8) is 0 Å². The Balaban J connectivity index is 1.90. The van der Waals surface area contributed by atoms with E-state index in [4.69, 9.17) is 5.73 Å². The molecule has 128 valence electrons. The molecule has 4 heteroatoms. The summed E-state index contributed by atoms with van der Waals surface area (Å²) in [5.74, 6) is 0.718.